The zero-order valence-corrected chi connectivity index (χ0v) is 13.3. The van der Waals surface area contributed by atoms with Crippen LogP contribution in [-0.4, -0.2) is 26.8 Å². The Balaban J connectivity index is 1.49. The number of hydrogen-bond donors (Lipinski definition) is 1. The van der Waals surface area contributed by atoms with Crippen molar-refractivity contribution in [3.05, 3.63) is 42.5 Å². The van der Waals surface area contributed by atoms with Crippen LogP contribution in [0.15, 0.2) is 36.9 Å². The molecule has 0 radical (unpaired) electrons. The smallest absolute Gasteiger partial charge is 0.244 e. The van der Waals surface area contributed by atoms with Crippen molar-refractivity contribution in [2.45, 2.75) is 51.3 Å². The molecule has 6 heteroatoms. The highest BCUT2D eigenvalue weighted by atomic mass is 16.5. The molecule has 6 nitrogen and oxygen atoms in total. The van der Waals surface area contributed by atoms with E-state index in [2.05, 4.69) is 15.4 Å². The summed E-state index contributed by atoms with van der Waals surface area (Å²) in [5, 5.41) is 6.89. The van der Waals surface area contributed by atoms with E-state index in [-0.39, 0.29) is 11.9 Å². The highest BCUT2D eigenvalue weighted by Crippen LogP contribution is 2.24. The van der Waals surface area contributed by atoms with Gasteiger partial charge in [-0.05, 0) is 50.3 Å². The van der Waals surface area contributed by atoms with Gasteiger partial charge in [-0.1, -0.05) is 12.1 Å². The van der Waals surface area contributed by atoms with E-state index in [4.69, 9.17) is 4.74 Å². The van der Waals surface area contributed by atoms with Crippen LogP contribution in [0.5, 0.6) is 5.75 Å². The second kappa shape index (κ2) is 7.26. The van der Waals surface area contributed by atoms with E-state index in [1.54, 1.807) is 13.3 Å². The first-order valence-corrected chi connectivity index (χ1v) is 8.10. The zero-order chi connectivity index (χ0) is 16.1. The third-order valence-corrected chi connectivity index (χ3v) is 4.21. The predicted molar refractivity (Wildman–Crippen MR) is 85.9 cm³/mol. The Kier molecular flexibility index (Phi) is 4.90. The summed E-state index contributed by atoms with van der Waals surface area (Å²) >= 11 is 0. The molecule has 1 amide bonds. The van der Waals surface area contributed by atoms with Crippen molar-refractivity contribution in [3.63, 3.8) is 0 Å². The van der Waals surface area contributed by atoms with Crippen LogP contribution >= 0.6 is 0 Å². The fourth-order valence-corrected chi connectivity index (χ4v) is 2.76. The number of amides is 1. The van der Waals surface area contributed by atoms with Gasteiger partial charge in [0.05, 0.1) is 6.10 Å². The summed E-state index contributed by atoms with van der Waals surface area (Å²) < 4.78 is 7.47. The van der Waals surface area contributed by atoms with Gasteiger partial charge in [0.15, 0.2) is 0 Å². The molecule has 1 aliphatic rings. The van der Waals surface area contributed by atoms with Crippen molar-refractivity contribution < 1.29 is 9.53 Å². The molecular formula is C17H22N4O2. The Morgan fingerprint density at radius 3 is 2.74 bits per heavy atom. The normalized spacial score (nSPS) is 16.2. The van der Waals surface area contributed by atoms with E-state index < -0.39 is 0 Å². The summed E-state index contributed by atoms with van der Waals surface area (Å²) in [6.45, 7) is 2.28. The number of aromatic nitrogens is 3. The number of carbonyl (C=O) groups is 1. The second-order valence-corrected chi connectivity index (χ2v) is 5.94. The van der Waals surface area contributed by atoms with Crippen LogP contribution in [0.25, 0.3) is 0 Å². The average Bonchev–Trinajstić information content (AvgIpc) is 3.27. The summed E-state index contributed by atoms with van der Waals surface area (Å²) in [5.74, 6) is 0.824. The van der Waals surface area contributed by atoms with Gasteiger partial charge in [-0.25, -0.2) is 9.67 Å². The summed E-state index contributed by atoms with van der Waals surface area (Å²) in [4.78, 5) is 15.9. The van der Waals surface area contributed by atoms with Gasteiger partial charge < -0.3 is 10.1 Å². The van der Waals surface area contributed by atoms with Crippen molar-refractivity contribution >= 4 is 5.91 Å². The number of carbonyl (C=O) groups excluding carboxylic acids is 1. The van der Waals surface area contributed by atoms with Crippen LogP contribution in [0, 0.1) is 0 Å². The molecule has 0 aliphatic heterocycles. The van der Waals surface area contributed by atoms with E-state index in [0.717, 1.165) is 24.2 Å². The van der Waals surface area contributed by atoms with Gasteiger partial charge in [-0.3, -0.25) is 4.79 Å². The topological polar surface area (TPSA) is 69.0 Å². The fourth-order valence-electron chi connectivity index (χ4n) is 2.76. The third-order valence-electron chi connectivity index (χ3n) is 4.21. The van der Waals surface area contributed by atoms with Crippen LogP contribution in [0.2, 0.25) is 0 Å². The molecule has 3 rings (SSSR count). The first kappa shape index (κ1) is 15.5. The number of nitrogens with zero attached hydrogens (tertiary/aromatic N) is 3. The van der Waals surface area contributed by atoms with Crippen LogP contribution in [-0.2, 0) is 11.3 Å². The van der Waals surface area contributed by atoms with Crippen molar-refractivity contribution in [1.82, 2.24) is 20.1 Å². The van der Waals surface area contributed by atoms with Gasteiger partial charge in [0.2, 0.25) is 5.91 Å². The van der Waals surface area contributed by atoms with Crippen LogP contribution in [0.3, 0.4) is 0 Å². The fraction of sp³-hybridized carbons (Fsp3) is 0.471. The van der Waals surface area contributed by atoms with Gasteiger partial charge >= 0.3 is 0 Å². The minimum atomic E-state index is -0.373. The minimum Gasteiger partial charge on any atom is -0.490 e. The Morgan fingerprint density at radius 1 is 1.35 bits per heavy atom. The summed E-state index contributed by atoms with van der Waals surface area (Å²) in [6.07, 6.45) is 8.16. The van der Waals surface area contributed by atoms with Gasteiger partial charge in [0.25, 0.3) is 0 Å². The van der Waals surface area contributed by atoms with Crippen LogP contribution in [0.4, 0.5) is 0 Å². The lowest BCUT2D eigenvalue weighted by atomic mass is 10.2. The molecule has 23 heavy (non-hydrogen) atoms. The lowest BCUT2D eigenvalue weighted by Crippen LogP contribution is -2.30. The largest absolute Gasteiger partial charge is 0.490 e. The number of hydrogen-bond acceptors (Lipinski definition) is 4. The molecule has 1 atom stereocenters. The Labute approximate surface area is 135 Å². The van der Waals surface area contributed by atoms with E-state index in [0.29, 0.717) is 12.6 Å². The molecule has 0 saturated heterocycles. The van der Waals surface area contributed by atoms with Gasteiger partial charge in [-0.15, -0.1) is 0 Å². The number of ether oxygens (including phenoxy) is 1. The van der Waals surface area contributed by atoms with Crippen LogP contribution < -0.4 is 10.1 Å². The van der Waals surface area contributed by atoms with Crippen molar-refractivity contribution in [3.8, 4) is 5.75 Å². The molecule has 0 unspecified atom stereocenters. The predicted octanol–water partition coefficient (Wildman–Crippen LogP) is 2.48. The van der Waals surface area contributed by atoms with Crippen molar-refractivity contribution in [2.24, 2.45) is 0 Å². The SMILES string of the molecule is C[C@H](C(=O)NCc1ccc(OC2CCCC2)cc1)n1cncn1. The summed E-state index contributed by atoms with van der Waals surface area (Å²) in [7, 11) is 0. The molecule has 122 valence electrons. The molecular weight excluding hydrogens is 292 g/mol. The summed E-state index contributed by atoms with van der Waals surface area (Å²) in [6, 6.07) is 7.55. The van der Waals surface area contributed by atoms with E-state index in [9.17, 15) is 4.79 Å². The monoisotopic (exact) mass is 314 g/mol. The van der Waals surface area contributed by atoms with Gasteiger partial charge in [0.1, 0.15) is 24.4 Å². The molecule has 2 aromatic rings. The lowest BCUT2D eigenvalue weighted by Gasteiger charge is -2.14. The van der Waals surface area contributed by atoms with Crippen molar-refractivity contribution in [1.29, 1.82) is 0 Å². The quantitative estimate of drug-likeness (QED) is 0.889. The molecule has 1 fully saturated rings. The van der Waals surface area contributed by atoms with Crippen LogP contribution in [0.1, 0.15) is 44.2 Å². The molecule has 1 saturated carbocycles. The minimum absolute atomic E-state index is 0.0817. The molecule has 1 aromatic heterocycles. The molecule has 1 aromatic carbocycles. The van der Waals surface area contributed by atoms with E-state index in [1.165, 1.54) is 23.9 Å². The highest BCUT2D eigenvalue weighted by Gasteiger charge is 2.17. The lowest BCUT2D eigenvalue weighted by molar-refractivity contribution is -0.124. The molecule has 1 heterocycles. The first-order chi connectivity index (χ1) is 11.2. The third kappa shape index (κ3) is 4.09. The van der Waals surface area contributed by atoms with Gasteiger partial charge in [0, 0.05) is 6.54 Å². The zero-order valence-electron chi connectivity index (χ0n) is 13.3. The standard InChI is InChI=1S/C17H22N4O2/c1-13(21-12-18-11-20-21)17(22)19-10-14-6-8-16(9-7-14)23-15-4-2-3-5-15/h6-9,11-13,15H,2-5,10H2,1H3,(H,19,22)/t13-/m1/s1. The number of nitrogens with one attached hydrogen (secondary N) is 1. The first-order valence-electron chi connectivity index (χ1n) is 8.10. The summed E-state index contributed by atoms with van der Waals surface area (Å²) in [5.41, 5.74) is 1.04. The molecule has 0 bridgehead atoms. The maximum Gasteiger partial charge on any atom is 0.244 e. The Hall–Kier alpha value is -2.37. The number of benzene rings is 1. The van der Waals surface area contributed by atoms with E-state index >= 15 is 0 Å². The molecule has 0 spiro atoms. The Bertz CT molecular complexity index is 619. The molecule has 1 aliphatic carbocycles. The van der Waals surface area contributed by atoms with Crippen molar-refractivity contribution in [2.75, 3.05) is 0 Å². The highest BCUT2D eigenvalue weighted by molar-refractivity contribution is 5.79. The maximum absolute atomic E-state index is 12.1. The number of rotatable bonds is 6. The average molecular weight is 314 g/mol. The maximum atomic E-state index is 12.1. The van der Waals surface area contributed by atoms with E-state index in [1.807, 2.05) is 24.3 Å². The molecule has 1 N–H and O–H groups in total. The van der Waals surface area contributed by atoms with Gasteiger partial charge in [-0.2, -0.15) is 5.10 Å². The Morgan fingerprint density at radius 2 is 2.09 bits per heavy atom. The second-order valence-electron chi connectivity index (χ2n) is 5.94.